The Morgan fingerprint density at radius 1 is 1.27 bits per heavy atom. The lowest BCUT2D eigenvalue weighted by Gasteiger charge is -2.14. The van der Waals surface area contributed by atoms with Crippen LogP contribution in [0, 0.1) is 6.92 Å². The molecule has 176 valence electrons. The van der Waals surface area contributed by atoms with E-state index in [9.17, 15) is 9.59 Å². The third-order valence-electron chi connectivity index (χ3n) is 5.33. The van der Waals surface area contributed by atoms with Crippen LogP contribution in [0.4, 0.5) is 5.00 Å². The van der Waals surface area contributed by atoms with Gasteiger partial charge >= 0.3 is 5.97 Å². The molecule has 3 heterocycles. The summed E-state index contributed by atoms with van der Waals surface area (Å²) in [5.41, 5.74) is 2.62. The Balaban J connectivity index is 1.48. The van der Waals surface area contributed by atoms with Crippen molar-refractivity contribution in [2.45, 2.75) is 71.2 Å². The van der Waals surface area contributed by atoms with Gasteiger partial charge in [0.25, 0.3) is 0 Å². The average Bonchev–Trinajstić information content (AvgIpc) is 3.47. The molecule has 7 nitrogen and oxygen atoms in total. The number of anilines is 1. The zero-order chi connectivity index (χ0) is 23.5. The second-order valence-electron chi connectivity index (χ2n) is 8.20. The molecule has 0 bridgehead atoms. The minimum Gasteiger partial charge on any atom is -0.459 e. The van der Waals surface area contributed by atoms with Gasteiger partial charge in [-0.25, -0.2) is 4.79 Å². The molecule has 1 aliphatic rings. The van der Waals surface area contributed by atoms with Gasteiger partial charge in [0.1, 0.15) is 5.00 Å². The fraction of sp³-hybridized carbons (Fsp3) is 0.478. The maximum absolute atomic E-state index is 12.8. The fourth-order valence-electron chi connectivity index (χ4n) is 3.89. The number of fused-ring (bicyclic) bond motifs is 1. The van der Waals surface area contributed by atoms with Crippen LogP contribution >= 0.6 is 34.4 Å². The highest BCUT2D eigenvalue weighted by molar-refractivity contribution is 7.99. The largest absolute Gasteiger partial charge is 0.459 e. The van der Waals surface area contributed by atoms with Crippen molar-refractivity contribution in [3.63, 3.8) is 0 Å². The number of rotatable bonds is 8. The molecule has 10 heteroatoms. The number of hydrogen-bond donors (Lipinski definition) is 1. The summed E-state index contributed by atoms with van der Waals surface area (Å²) in [4.78, 5) is 28.0. The van der Waals surface area contributed by atoms with Crippen LogP contribution in [-0.4, -0.2) is 38.5 Å². The number of hydrogen-bond acceptors (Lipinski definition) is 8. The Kier molecular flexibility index (Phi) is 7.55. The van der Waals surface area contributed by atoms with Crippen LogP contribution < -0.4 is 5.32 Å². The van der Waals surface area contributed by atoms with Crippen molar-refractivity contribution in [3.8, 4) is 11.4 Å². The molecule has 0 saturated heterocycles. The molecule has 3 aromatic heterocycles. The van der Waals surface area contributed by atoms with Crippen molar-refractivity contribution >= 4 is 51.3 Å². The molecule has 0 atom stereocenters. The smallest absolute Gasteiger partial charge is 0.341 e. The molecule has 0 fully saturated rings. The molecule has 0 aliphatic heterocycles. The molecule has 0 spiro atoms. The Labute approximate surface area is 206 Å². The molecule has 4 rings (SSSR count). The maximum Gasteiger partial charge on any atom is 0.341 e. The van der Waals surface area contributed by atoms with E-state index in [2.05, 4.69) is 33.9 Å². The van der Waals surface area contributed by atoms with Gasteiger partial charge in [0.2, 0.25) is 5.91 Å². The second-order valence-corrected chi connectivity index (χ2v) is 11.4. The topological polar surface area (TPSA) is 86.1 Å². The summed E-state index contributed by atoms with van der Waals surface area (Å²) in [6.07, 6.45) is 3.74. The number of thioether (sulfide) groups is 1. The number of thiophene rings is 2. The average molecular weight is 505 g/mol. The Bertz CT molecular complexity index is 1160. The number of aromatic nitrogens is 3. The summed E-state index contributed by atoms with van der Waals surface area (Å²) in [6.45, 7) is 8.49. The highest BCUT2D eigenvalue weighted by Gasteiger charge is 2.28. The van der Waals surface area contributed by atoms with E-state index in [0.29, 0.717) is 22.3 Å². The van der Waals surface area contributed by atoms with Gasteiger partial charge in [-0.05, 0) is 65.0 Å². The minimum atomic E-state index is -0.353. The lowest BCUT2D eigenvalue weighted by Crippen LogP contribution is -2.19. The molecule has 3 aromatic rings. The Morgan fingerprint density at radius 3 is 2.76 bits per heavy atom. The molecule has 0 unspecified atom stereocenters. The van der Waals surface area contributed by atoms with E-state index in [4.69, 9.17) is 4.74 Å². The SMILES string of the molecule is CCn1c(SCC(=O)Nc2sc3c(c2C(=O)OC(C)C)CCCC3)nnc1-c1csc(C)c1. The van der Waals surface area contributed by atoms with Gasteiger partial charge in [0.15, 0.2) is 11.0 Å². The minimum absolute atomic E-state index is 0.171. The number of nitrogens with zero attached hydrogens (tertiary/aromatic N) is 3. The summed E-state index contributed by atoms with van der Waals surface area (Å²) >= 11 is 4.53. The maximum atomic E-state index is 12.8. The number of ether oxygens (including phenoxy) is 1. The number of carbonyl (C=O) groups excluding carboxylic acids is 2. The van der Waals surface area contributed by atoms with E-state index >= 15 is 0 Å². The predicted octanol–water partition coefficient (Wildman–Crippen LogP) is 5.57. The zero-order valence-corrected chi connectivity index (χ0v) is 21.7. The summed E-state index contributed by atoms with van der Waals surface area (Å²) < 4.78 is 7.50. The van der Waals surface area contributed by atoms with Gasteiger partial charge in [-0.3, -0.25) is 4.79 Å². The summed E-state index contributed by atoms with van der Waals surface area (Å²) in [5.74, 6) is 0.473. The van der Waals surface area contributed by atoms with Crippen molar-refractivity contribution in [2.24, 2.45) is 0 Å². The van der Waals surface area contributed by atoms with E-state index in [1.165, 1.54) is 32.9 Å². The molecule has 33 heavy (non-hydrogen) atoms. The Hall–Kier alpha value is -2.17. The molecular formula is C23H28N4O3S3. The van der Waals surface area contributed by atoms with Crippen molar-refractivity contribution in [1.29, 1.82) is 0 Å². The van der Waals surface area contributed by atoms with Crippen LogP contribution in [0.5, 0.6) is 0 Å². The van der Waals surface area contributed by atoms with E-state index in [1.807, 2.05) is 25.3 Å². The second kappa shape index (κ2) is 10.4. The monoisotopic (exact) mass is 504 g/mol. The van der Waals surface area contributed by atoms with Crippen LogP contribution in [0.2, 0.25) is 0 Å². The van der Waals surface area contributed by atoms with E-state index < -0.39 is 0 Å². The quantitative estimate of drug-likeness (QED) is 0.319. The lowest BCUT2D eigenvalue weighted by atomic mass is 9.95. The highest BCUT2D eigenvalue weighted by atomic mass is 32.2. The van der Waals surface area contributed by atoms with E-state index in [1.54, 1.807) is 11.3 Å². The van der Waals surface area contributed by atoms with Crippen molar-refractivity contribution in [1.82, 2.24) is 14.8 Å². The summed E-state index contributed by atoms with van der Waals surface area (Å²) in [6, 6.07) is 2.10. The molecule has 0 saturated carbocycles. The molecular weight excluding hydrogens is 476 g/mol. The summed E-state index contributed by atoms with van der Waals surface area (Å²) in [7, 11) is 0. The first-order valence-corrected chi connectivity index (χ1v) is 13.8. The predicted molar refractivity (Wildman–Crippen MR) is 135 cm³/mol. The number of nitrogens with one attached hydrogen (secondary N) is 1. The number of aryl methyl sites for hydroxylation is 2. The van der Waals surface area contributed by atoms with Crippen LogP contribution in [0.25, 0.3) is 11.4 Å². The molecule has 1 amide bonds. The Morgan fingerprint density at radius 2 is 2.06 bits per heavy atom. The van der Waals surface area contributed by atoms with Crippen LogP contribution in [-0.2, 0) is 28.9 Å². The van der Waals surface area contributed by atoms with Gasteiger partial charge < -0.3 is 14.6 Å². The van der Waals surface area contributed by atoms with Gasteiger partial charge in [0, 0.05) is 27.2 Å². The number of carbonyl (C=O) groups is 2. The molecule has 1 N–H and O–H groups in total. The van der Waals surface area contributed by atoms with Crippen molar-refractivity contribution < 1.29 is 14.3 Å². The molecule has 0 aromatic carbocycles. The third-order valence-corrected chi connectivity index (χ3v) is 8.36. The van der Waals surface area contributed by atoms with Crippen LogP contribution in [0.15, 0.2) is 16.6 Å². The van der Waals surface area contributed by atoms with Gasteiger partial charge in [-0.2, -0.15) is 0 Å². The van der Waals surface area contributed by atoms with E-state index in [0.717, 1.165) is 42.6 Å². The molecule has 0 radical (unpaired) electrons. The van der Waals surface area contributed by atoms with Crippen LogP contribution in [0.3, 0.4) is 0 Å². The first kappa shape index (κ1) is 24.0. The normalized spacial score (nSPS) is 13.2. The van der Waals surface area contributed by atoms with Gasteiger partial charge in [-0.15, -0.1) is 32.9 Å². The van der Waals surface area contributed by atoms with Gasteiger partial charge in [-0.1, -0.05) is 11.8 Å². The zero-order valence-electron chi connectivity index (χ0n) is 19.3. The summed E-state index contributed by atoms with van der Waals surface area (Å²) in [5, 5.41) is 15.0. The van der Waals surface area contributed by atoms with Gasteiger partial charge in [0.05, 0.1) is 17.4 Å². The van der Waals surface area contributed by atoms with Crippen molar-refractivity contribution in [2.75, 3.05) is 11.1 Å². The first-order chi connectivity index (χ1) is 15.9. The van der Waals surface area contributed by atoms with E-state index in [-0.39, 0.29) is 23.7 Å². The number of esters is 1. The standard InChI is InChI=1S/C23H28N4O3S3/c1-5-27-20(15-10-14(4)31-11-15)25-26-23(27)32-12-18(28)24-21-19(22(29)30-13(2)3)16-8-6-7-9-17(16)33-21/h10-11,13H,5-9,12H2,1-4H3,(H,24,28). The highest BCUT2D eigenvalue weighted by Crippen LogP contribution is 2.39. The van der Waals surface area contributed by atoms with Crippen molar-refractivity contribution in [3.05, 3.63) is 32.3 Å². The lowest BCUT2D eigenvalue weighted by molar-refractivity contribution is -0.113. The fourth-order valence-corrected chi connectivity index (χ4v) is 6.67. The third kappa shape index (κ3) is 5.33. The number of amides is 1. The first-order valence-electron chi connectivity index (χ1n) is 11.1. The van der Waals surface area contributed by atoms with Crippen LogP contribution in [0.1, 0.15) is 59.3 Å². The molecule has 1 aliphatic carbocycles.